The molecule has 0 nitrogen and oxygen atoms in total. The molecule has 67 valence electrons. The van der Waals surface area contributed by atoms with Crippen molar-refractivity contribution in [2.45, 2.75) is 19.8 Å². The molecule has 1 aliphatic rings. The molecule has 1 aliphatic carbocycles. The maximum atomic E-state index is 3.94. The minimum absolute atomic E-state index is 0.226. The molecule has 0 saturated heterocycles. The van der Waals surface area contributed by atoms with E-state index in [2.05, 4.69) is 50.3 Å². The van der Waals surface area contributed by atoms with Crippen LogP contribution in [0.1, 0.15) is 18.1 Å². The third kappa shape index (κ3) is 1.31. The summed E-state index contributed by atoms with van der Waals surface area (Å²) >= 11 is 0. The maximum absolute atomic E-state index is 3.94. The van der Waals surface area contributed by atoms with Crippen molar-refractivity contribution in [1.29, 1.82) is 0 Å². The Morgan fingerprint density at radius 3 is 2.15 bits per heavy atom. The molecule has 2 rings (SSSR count). The SMILES string of the molecule is C=CC1([CH]C)Cc2ccccc2C1. The molecule has 0 aliphatic heterocycles. The molecule has 13 heavy (non-hydrogen) atoms. The van der Waals surface area contributed by atoms with Crippen molar-refractivity contribution in [2.75, 3.05) is 0 Å². The zero-order valence-electron chi connectivity index (χ0n) is 8.09. The average Bonchev–Trinajstić information content (AvgIpc) is 2.57. The first kappa shape index (κ1) is 8.55. The van der Waals surface area contributed by atoms with Crippen LogP contribution < -0.4 is 0 Å². The molecule has 0 aromatic heterocycles. The van der Waals surface area contributed by atoms with Crippen molar-refractivity contribution < 1.29 is 0 Å². The molecule has 1 aromatic carbocycles. The van der Waals surface area contributed by atoms with E-state index in [0.717, 1.165) is 12.8 Å². The van der Waals surface area contributed by atoms with Crippen molar-refractivity contribution >= 4 is 0 Å². The highest BCUT2D eigenvalue weighted by Gasteiger charge is 2.32. The molecule has 0 atom stereocenters. The van der Waals surface area contributed by atoms with E-state index < -0.39 is 0 Å². The highest BCUT2D eigenvalue weighted by atomic mass is 14.4. The Morgan fingerprint density at radius 1 is 1.23 bits per heavy atom. The lowest BCUT2D eigenvalue weighted by molar-refractivity contribution is 0.485. The van der Waals surface area contributed by atoms with Gasteiger partial charge < -0.3 is 0 Å². The molecule has 0 saturated carbocycles. The molecule has 0 unspecified atom stereocenters. The second-order valence-corrected chi connectivity index (χ2v) is 3.85. The van der Waals surface area contributed by atoms with Crippen LogP contribution in [0.15, 0.2) is 36.9 Å². The van der Waals surface area contributed by atoms with Crippen LogP contribution in [-0.2, 0) is 12.8 Å². The van der Waals surface area contributed by atoms with Gasteiger partial charge in [0.1, 0.15) is 0 Å². The molecule has 0 N–H and O–H groups in total. The predicted octanol–water partition coefficient (Wildman–Crippen LogP) is 3.18. The van der Waals surface area contributed by atoms with Crippen LogP contribution in [0.25, 0.3) is 0 Å². The molecule has 1 radical (unpaired) electrons. The van der Waals surface area contributed by atoms with Gasteiger partial charge >= 0.3 is 0 Å². The smallest absolute Gasteiger partial charge is 0.00116 e. The third-order valence-corrected chi connectivity index (χ3v) is 3.14. The van der Waals surface area contributed by atoms with E-state index in [1.807, 2.05) is 0 Å². The van der Waals surface area contributed by atoms with Crippen LogP contribution in [0.3, 0.4) is 0 Å². The van der Waals surface area contributed by atoms with Crippen molar-refractivity contribution in [3.05, 3.63) is 54.5 Å². The third-order valence-electron chi connectivity index (χ3n) is 3.14. The quantitative estimate of drug-likeness (QED) is 0.599. The first-order valence-electron chi connectivity index (χ1n) is 4.80. The first-order chi connectivity index (χ1) is 6.29. The lowest BCUT2D eigenvalue weighted by atomic mass is 9.82. The Morgan fingerprint density at radius 2 is 1.77 bits per heavy atom. The van der Waals surface area contributed by atoms with Crippen LogP contribution in [0.2, 0.25) is 0 Å². The summed E-state index contributed by atoms with van der Waals surface area (Å²) in [6.07, 6.45) is 6.62. The van der Waals surface area contributed by atoms with Gasteiger partial charge in [0.05, 0.1) is 0 Å². The van der Waals surface area contributed by atoms with E-state index in [-0.39, 0.29) is 5.41 Å². The van der Waals surface area contributed by atoms with E-state index in [1.165, 1.54) is 11.1 Å². The number of benzene rings is 1. The molecule has 0 bridgehead atoms. The monoisotopic (exact) mass is 171 g/mol. The maximum Gasteiger partial charge on any atom is -0.00116 e. The fourth-order valence-electron chi connectivity index (χ4n) is 2.14. The van der Waals surface area contributed by atoms with Gasteiger partial charge in [0, 0.05) is 0 Å². The summed E-state index contributed by atoms with van der Waals surface area (Å²) in [4.78, 5) is 0. The Balaban J connectivity index is 2.35. The number of allylic oxidation sites excluding steroid dienone is 1. The summed E-state index contributed by atoms with van der Waals surface area (Å²) < 4.78 is 0. The second-order valence-electron chi connectivity index (χ2n) is 3.85. The summed E-state index contributed by atoms with van der Waals surface area (Å²) in [6.45, 7) is 6.07. The van der Waals surface area contributed by atoms with Crippen LogP contribution in [-0.4, -0.2) is 0 Å². The van der Waals surface area contributed by atoms with E-state index in [9.17, 15) is 0 Å². The summed E-state index contributed by atoms with van der Waals surface area (Å²) in [7, 11) is 0. The molecular formula is C13H15. The van der Waals surface area contributed by atoms with Crippen molar-refractivity contribution in [3.8, 4) is 0 Å². The Labute approximate surface area is 80.3 Å². The second kappa shape index (κ2) is 3.02. The molecular weight excluding hydrogens is 156 g/mol. The van der Waals surface area contributed by atoms with Crippen molar-refractivity contribution in [1.82, 2.24) is 0 Å². The largest absolute Gasteiger partial charge is 0.102 e. The molecule has 0 amide bonds. The van der Waals surface area contributed by atoms with E-state index in [1.54, 1.807) is 0 Å². The van der Waals surface area contributed by atoms with Crippen LogP contribution in [0.5, 0.6) is 0 Å². The molecule has 0 fully saturated rings. The number of rotatable bonds is 2. The van der Waals surface area contributed by atoms with E-state index in [4.69, 9.17) is 0 Å². The topological polar surface area (TPSA) is 0 Å². The highest BCUT2D eigenvalue weighted by Crippen LogP contribution is 2.39. The average molecular weight is 171 g/mol. The summed E-state index contributed by atoms with van der Waals surface area (Å²) in [5.74, 6) is 0. The van der Waals surface area contributed by atoms with Gasteiger partial charge in [-0.25, -0.2) is 0 Å². The van der Waals surface area contributed by atoms with Gasteiger partial charge in [0.2, 0.25) is 0 Å². The Kier molecular flexibility index (Phi) is 1.99. The lowest BCUT2D eigenvalue weighted by Crippen LogP contribution is -2.16. The van der Waals surface area contributed by atoms with Crippen LogP contribution >= 0.6 is 0 Å². The van der Waals surface area contributed by atoms with E-state index >= 15 is 0 Å². The fraction of sp³-hybridized carbons (Fsp3) is 0.308. The first-order valence-corrected chi connectivity index (χ1v) is 4.80. The van der Waals surface area contributed by atoms with Gasteiger partial charge in [0.15, 0.2) is 0 Å². The zero-order valence-corrected chi connectivity index (χ0v) is 8.09. The highest BCUT2D eigenvalue weighted by molar-refractivity contribution is 5.37. The minimum Gasteiger partial charge on any atom is -0.102 e. The van der Waals surface area contributed by atoms with Crippen molar-refractivity contribution in [3.63, 3.8) is 0 Å². The fourth-order valence-corrected chi connectivity index (χ4v) is 2.14. The van der Waals surface area contributed by atoms with Gasteiger partial charge in [-0.3, -0.25) is 0 Å². The van der Waals surface area contributed by atoms with E-state index in [0.29, 0.717) is 0 Å². The molecule has 0 heterocycles. The molecule has 1 aromatic rings. The summed E-state index contributed by atoms with van der Waals surface area (Å²) in [5.41, 5.74) is 3.20. The standard InChI is InChI=1S/C13H15/c1-3-13(4-2)9-11-7-5-6-8-12(11)10-13/h3-8H,1,9-10H2,2H3. The molecule has 0 spiro atoms. The van der Waals surface area contributed by atoms with Gasteiger partial charge in [-0.15, -0.1) is 6.58 Å². The van der Waals surface area contributed by atoms with Gasteiger partial charge in [-0.05, 0) is 35.8 Å². The lowest BCUT2D eigenvalue weighted by Gasteiger charge is -2.21. The normalized spacial score (nSPS) is 18.2. The van der Waals surface area contributed by atoms with Gasteiger partial charge in [0.25, 0.3) is 0 Å². The Bertz CT molecular complexity index is 298. The summed E-state index contributed by atoms with van der Waals surface area (Å²) in [5, 5.41) is 0. The van der Waals surface area contributed by atoms with Gasteiger partial charge in [-0.2, -0.15) is 0 Å². The van der Waals surface area contributed by atoms with Crippen molar-refractivity contribution in [2.24, 2.45) is 5.41 Å². The van der Waals surface area contributed by atoms with Gasteiger partial charge in [-0.1, -0.05) is 37.3 Å². The predicted molar refractivity (Wildman–Crippen MR) is 56.5 cm³/mol. The van der Waals surface area contributed by atoms with Crippen LogP contribution in [0, 0.1) is 11.8 Å². The van der Waals surface area contributed by atoms with Crippen LogP contribution in [0.4, 0.5) is 0 Å². The minimum atomic E-state index is 0.226. The number of fused-ring (bicyclic) bond motifs is 1. The number of hydrogen-bond donors (Lipinski definition) is 0. The Hall–Kier alpha value is -1.04. The summed E-state index contributed by atoms with van der Waals surface area (Å²) in [6, 6.07) is 8.69. The zero-order chi connectivity index (χ0) is 9.31. The number of hydrogen-bond acceptors (Lipinski definition) is 0. The molecule has 0 heteroatoms.